The van der Waals surface area contributed by atoms with Gasteiger partial charge in [0.1, 0.15) is 17.3 Å². The Bertz CT molecular complexity index is 1380. The molecule has 0 radical (unpaired) electrons. The summed E-state index contributed by atoms with van der Waals surface area (Å²) in [5.74, 6) is 1.41. The van der Waals surface area contributed by atoms with Gasteiger partial charge in [0.05, 0.1) is 19.8 Å². The van der Waals surface area contributed by atoms with Crippen molar-refractivity contribution >= 4 is 29.0 Å². The number of nitrogens with one attached hydrogen (secondary N) is 1. The monoisotopic (exact) mass is 524 g/mol. The number of nitrogens with zero attached hydrogens (tertiary/aromatic N) is 1. The van der Waals surface area contributed by atoms with Crippen molar-refractivity contribution in [2.45, 2.75) is 12.7 Å². The number of thiophene rings is 1. The van der Waals surface area contributed by atoms with Crippen LogP contribution in [0, 0.1) is 0 Å². The van der Waals surface area contributed by atoms with Gasteiger partial charge in [-0.05, 0) is 47.4 Å². The van der Waals surface area contributed by atoms with E-state index in [1.165, 1.54) is 12.1 Å². The normalized spacial score (nSPS) is 11.5. The number of ether oxygens (including phenoxy) is 2. The molecular weight excluding hydrogens is 501 g/mol. The van der Waals surface area contributed by atoms with E-state index in [2.05, 4.69) is 10.3 Å². The lowest BCUT2D eigenvalue weighted by atomic mass is 10.0. The lowest BCUT2D eigenvalue weighted by molar-refractivity contribution is -0.137. The van der Waals surface area contributed by atoms with Crippen LogP contribution in [-0.4, -0.2) is 25.0 Å². The molecule has 0 bridgehead atoms. The maximum atomic E-state index is 12.8. The van der Waals surface area contributed by atoms with Crippen LogP contribution in [0.5, 0.6) is 11.5 Å². The van der Waals surface area contributed by atoms with Crippen molar-refractivity contribution < 1.29 is 27.4 Å². The average Bonchev–Trinajstić information content (AvgIpc) is 3.45. The highest BCUT2D eigenvalue weighted by atomic mass is 32.1. The fourth-order valence-corrected chi connectivity index (χ4v) is 4.33. The van der Waals surface area contributed by atoms with E-state index in [9.17, 15) is 18.0 Å². The zero-order chi connectivity index (χ0) is 26.4. The summed E-state index contributed by atoms with van der Waals surface area (Å²) in [4.78, 5) is 17.6. The second-order valence-electron chi connectivity index (χ2n) is 7.95. The molecule has 2 aromatic heterocycles. The third kappa shape index (κ3) is 6.37. The molecule has 4 aromatic rings. The summed E-state index contributed by atoms with van der Waals surface area (Å²) in [6.45, 7) is 0.344. The van der Waals surface area contributed by atoms with Crippen LogP contribution >= 0.6 is 11.3 Å². The Kier molecular flexibility index (Phi) is 7.93. The molecule has 2 heterocycles. The van der Waals surface area contributed by atoms with Gasteiger partial charge in [0.15, 0.2) is 5.78 Å². The number of rotatable bonds is 9. The number of halogens is 3. The topological polar surface area (TPSA) is 60.5 Å². The second-order valence-corrected chi connectivity index (χ2v) is 8.90. The molecule has 0 aliphatic rings. The molecule has 2 aromatic carbocycles. The quantitative estimate of drug-likeness (QED) is 0.183. The minimum atomic E-state index is -4.42. The molecule has 37 heavy (non-hydrogen) atoms. The third-order valence-corrected chi connectivity index (χ3v) is 6.46. The van der Waals surface area contributed by atoms with Crippen molar-refractivity contribution in [1.29, 1.82) is 0 Å². The van der Waals surface area contributed by atoms with Gasteiger partial charge >= 0.3 is 6.18 Å². The van der Waals surface area contributed by atoms with Gasteiger partial charge in [-0.3, -0.25) is 4.79 Å². The van der Waals surface area contributed by atoms with Crippen molar-refractivity contribution in [3.63, 3.8) is 0 Å². The molecule has 1 N–H and O–H groups in total. The lowest BCUT2D eigenvalue weighted by Crippen LogP contribution is -2.07. The lowest BCUT2D eigenvalue weighted by Gasteiger charge is -2.12. The Balaban J connectivity index is 1.43. The summed E-state index contributed by atoms with van der Waals surface area (Å²) in [5, 5.41) is 4.96. The van der Waals surface area contributed by atoms with Gasteiger partial charge in [-0.15, -0.1) is 11.3 Å². The van der Waals surface area contributed by atoms with Crippen molar-refractivity contribution in [1.82, 2.24) is 4.98 Å². The number of anilines is 1. The zero-order valence-corrected chi connectivity index (χ0v) is 20.8. The summed E-state index contributed by atoms with van der Waals surface area (Å²) < 4.78 is 49.0. The van der Waals surface area contributed by atoms with Crippen LogP contribution in [0.4, 0.5) is 19.0 Å². The van der Waals surface area contributed by atoms with E-state index in [4.69, 9.17) is 9.47 Å². The van der Waals surface area contributed by atoms with Gasteiger partial charge in [-0.1, -0.05) is 30.3 Å². The second kappa shape index (κ2) is 11.3. The summed E-state index contributed by atoms with van der Waals surface area (Å²) in [6.07, 6.45) is -0.434. The molecule has 0 unspecified atom stereocenters. The summed E-state index contributed by atoms with van der Waals surface area (Å²) in [7, 11) is 3.16. The Morgan fingerprint density at radius 2 is 1.78 bits per heavy atom. The first kappa shape index (κ1) is 26.0. The third-order valence-electron chi connectivity index (χ3n) is 5.56. The molecule has 9 heteroatoms. The van der Waals surface area contributed by atoms with Crippen LogP contribution in [0.25, 0.3) is 16.5 Å². The minimum absolute atomic E-state index is 0.181. The summed E-state index contributed by atoms with van der Waals surface area (Å²) in [5.41, 5.74) is 2.19. The first-order valence-electron chi connectivity index (χ1n) is 11.2. The fraction of sp³-hybridized carbons (Fsp3) is 0.143. The number of benzene rings is 2. The van der Waals surface area contributed by atoms with E-state index >= 15 is 0 Å². The van der Waals surface area contributed by atoms with Crippen LogP contribution in [0.3, 0.4) is 0 Å². The van der Waals surface area contributed by atoms with E-state index in [1.54, 1.807) is 62.0 Å². The molecule has 0 saturated carbocycles. The first-order chi connectivity index (χ1) is 17.8. The van der Waals surface area contributed by atoms with Crippen molar-refractivity contribution in [3.8, 4) is 21.9 Å². The molecule has 0 aliphatic heterocycles. The fourth-order valence-electron chi connectivity index (χ4n) is 3.59. The number of aromatic nitrogens is 1. The molecule has 0 saturated heterocycles. The number of allylic oxidation sites excluding steroid dienone is 1. The van der Waals surface area contributed by atoms with Gasteiger partial charge < -0.3 is 14.8 Å². The van der Waals surface area contributed by atoms with Gasteiger partial charge in [0.25, 0.3) is 0 Å². The van der Waals surface area contributed by atoms with Gasteiger partial charge in [-0.25, -0.2) is 4.98 Å². The van der Waals surface area contributed by atoms with Crippen LogP contribution in [0.1, 0.15) is 27.0 Å². The Hall–Kier alpha value is -4.11. The number of carbonyl (C=O) groups excluding carboxylic acids is 1. The maximum absolute atomic E-state index is 12.8. The molecule has 5 nitrogen and oxygen atoms in total. The Morgan fingerprint density at radius 3 is 2.38 bits per heavy atom. The molecule has 0 fully saturated rings. The van der Waals surface area contributed by atoms with Crippen LogP contribution in [0.2, 0.25) is 0 Å². The average molecular weight is 525 g/mol. The van der Waals surface area contributed by atoms with E-state index in [0.717, 1.165) is 33.8 Å². The molecule has 0 aliphatic carbocycles. The van der Waals surface area contributed by atoms with E-state index in [1.807, 2.05) is 23.6 Å². The van der Waals surface area contributed by atoms with Crippen molar-refractivity contribution in [2.75, 3.05) is 19.5 Å². The number of methoxy groups -OCH3 is 2. The van der Waals surface area contributed by atoms with Crippen LogP contribution in [-0.2, 0) is 12.7 Å². The van der Waals surface area contributed by atoms with Crippen LogP contribution in [0.15, 0.2) is 78.3 Å². The predicted molar refractivity (Wildman–Crippen MR) is 139 cm³/mol. The van der Waals surface area contributed by atoms with E-state index in [-0.39, 0.29) is 5.78 Å². The summed E-state index contributed by atoms with van der Waals surface area (Å²) in [6, 6.07) is 16.9. The number of hydrogen-bond donors (Lipinski definition) is 1. The smallest absolute Gasteiger partial charge is 0.417 e. The van der Waals surface area contributed by atoms with Gasteiger partial charge in [0.2, 0.25) is 0 Å². The predicted octanol–water partition coefficient (Wildman–Crippen LogP) is 7.35. The highest BCUT2D eigenvalue weighted by Gasteiger charge is 2.30. The minimum Gasteiger partial charge on any atom is -0.496 e. The maximum Gasteiger partial charge on any atom is 0.417 e. The Labute approximate surface area is 216 Å². The van der Waals surface area contributed by atoms with Crippen LogP contribution < -0.4 is 14.8 Å². The highest BCUT2D eigenvalue weighted by molar-refractivity contribution is 7.13. The Morgan fingerprint density at radius 1 is 1.03 bits per heavy atom. The molecule has 190 valence electrons. The van der Waals surface area contributed by atoms with Crippen molar-refractivity contribution in [3.05, 3.63) is 101 Å². The highest BCUT2D eigenvalue weighted by Crippen LogP contribution is 2.38. The number of hydrogen-bond acceptors (Lipinski definition) is 6. The molecule has 0 atom stereocenters. The molecule has 0 amide bonds. The largest absolute Gasteiger partial charge is 0.496 e. The van der Waals surface area contributed by atoms with Crippen molar-refractivity contribution in [2.24, 2.45) is 0 Å². The molecule has 4 rings (SSSR count). The zero-order valence-electron chi connectivity index (χ0n) is 20.0. The first-order valence-corrected chi connectivity index (χ1v) is 12.0. The standard InChI is InChI=1S/C28H23F3N2O3S/c1-35-24-15-25(36-2)22(26-4-3-13-37-26)14-20(24)9-11-23(34)19-7-5-18(6-8-19)16-32-27-12-10-21(17-33-27)28(29,30)31/h3-15,17H,16H2,1-2H3,(H,32,33)/b11-9+. The SMILES string of the molecule is COc1cc(OC)c(-c2cccs2)cc1/C=C/C(=O)c1ccc(CNc2ccc(C(F)(F)F)cn2)cc1. The number of carbonyl (C=O) groups is 1. The summed E-state index contributed by atoms with van der Waals surface area (Å²) >= 11 is 1.59. The number of ketones is 1. The molecule has 0 spiro atoms. The van der Waals surface area contributed by atoms with Gasteiger partial charge in [0, 0.05) is 40.4 Å². The van der Waals surface area contributed by atoms with Gasteiger partial charge in [-0.2, -0.15) is 13.2 Å². The van der Waals surface area contributed by atoms with E-state index in [0.29, 0.717) is 29.4 Å². The van der Waals surface area contributed by atoms with E-state index < -0.39 is 11.7 Å². The number of pyridine rings is 1. The number of alkyl halides is 3. The molecular formula is C28H23F3N2O3S.